The van der Waals surface area contributed by atoms with E-state index in [1.54, 1.807) is 28.8 Å². The van der Waals surface area contributed by atoms with Crippen LogP contribution in [-0.2, 0) is 24.1 Å². The highest BCUT2D eigenvalue weighted by atomic mass is 32.2. The van der Waals surface area contributed by atoms with Gasteiger partial charge in [-0.15, -0.1) is 0 Å². The molecule has 1 aromatic rings. The lowest BCUT2D eigenvalue weighted by Crippen LogP contribution is -2.17. The molecule has 0 saturated heterocycles. The van der Waals surface area contributed by atoms with Crippen LogP contribution in [0.4, 0.5) is 0 Å². The molecule has 1 aromatic carbocycles. The Morgan fingerprint density at radius 2 is 2.07 bits per heavy atom. The molecular weight excluding hydrogens is 214 g/mol. The molecule has 0 amide bonds. The summed E-state index contributed by atoms with van der Waals surface area (Å²) in [5.41, 5.74) is 2.32. The highest BCUT2D eigenvalue weighted by Gasteiger charge is 2.22. The monoisotopic (exact) mass is 225 g/mol. The molecule has 0 aliphatic carbocycles. The standard InChI is InChI=1S/C10H11NO3S/c1-15(14)11-5-8-3-2-7(10(12)13)4-9(8)6-11/h2-4H,5-6H2,1H3,(H,12,13). The van der Waals surface area contributed by atoms with Crippen molar-refractivity contribution in [2.24, 2.45) is 0 Å². The number of nitrogens with zero attached hydrogens (tertiary/aromatic N) is 1. The molecule has 1 atom stereocenters. The summed E-state index contributed by atoms with van der Waals surface area (Å²) in [5.74, 6) is -0.922. The van der Waals surface area contributed by atoms with Crippen LogP contribution < -0.4 is 0 Å². The van der Waals surface area contributed by atoms with Crippen molar-refractivity contribution in [1.29, 1.82) is 0 Å². The highest BCUT2D eigenvalue weighted by molar-refractivity contribution is 7.81. The fraction of sp³-hybridized carbons (Fsp3) is 0.300. The molecule has 2 rings (SSSR count). The van der Waals surface area contributed by atoms with Gasteiger partial charge in [0.05, 0.1) is 16.5 Å². The van der Waals surface area contributed by atoms with Crippen molar-refractivity contribution in [3.63, 3.8) is 0 Å². The van der Waals surface area contributed by atoms with Gasteiger partial charge in [-0.1, -0.05) is 6.07 Å². The maximum Gasteiger partial charge on any atom is 0.335 e. The lowest BCUT2D eigenvalue weighted by molar-refractivity contribution is 0.0697. The van der Waals surface area contributed by atoms with Crippen molar-refractivity contribution < 1.29 is 14.1 Å². The molecule has 0 spiro atoms. The maximum atomic E-state index is 11.3. The van der Waals surface area contributed by atoms with E-state index in [-0.39, 0.29) is 5.56 Å². The zero-order valence-corrected chi connectivity index (χ0v) is 9.08. The summed E-state index contributed by atoms with van der Waals surface area (Å²) >= 11 is 0. The molecule has 1 heterocycles. The normalized spacial score (nSPS) is 17.4. The number of carboxylic acid groups (broad SMARTS) is 1. The molecule has 0 saturated carbocycles. The molecule has 5 heteroatoms. The number of aromatic carboxylic acids is 1. The van der Waals surface area contributed by atoms with E-state index in [0.29, 0.717) is 13.1 Å². The molecule has 0 aromatic heterocycles. The summed E-state index contributed by atoms with van der Waals surface area (Å²) in [7, 11) is -0.999. The van der Waals surface area contributed by atoms with E-state index in [1.165, 1.54) is 0 Å². The van der Waals surface area contributed by atoms with E-state index in [9.17, 15) is 9.00 Å². The van der Waals surface area contributed by atoms with Crippen LogP contribution >= 0.6 is 0 Å². The number of hydrogen-bond acceptors (Lipinski definition) is 2. The second-order valence-electron chi connectivity index (χ2n) is 3.51. The molecule has 15 heavy (non-hydrogen) atoms. The predicted molar refractivity (Wildman–Crippen MR) is 56.7 cm³/mol. The molecule has 0 bridgehead atoms. The summed E-state index contributed by atoms with van der Waals surface area (Å²) in [6.07, 6.45) is 1.63. The van der Waals surface area contributed by atoms with E-state index < -0.39 is 17.0 Å². The average molecular weight is 225 g/mol. The fourth-order valence-corrected chi connectivity index (χ4v) is 2.32. The Bertz CT molecular complexity index is 444. The van der Waals surface area contributed by atoms with Gasteiger partial charge in [0.25, 0.3) is 0 Å². The number of benzene rings is 1. The van der Waals surface area contributed by atoms with Crippen molar-refractivity contribution in [2.75, 3.05) is 6.26 Å². The highest BCUT2D eigenvalue weighted by Crippen LogP contribution is 2.24. The van der Waals surface area contributed by atoms with Gasteiger partial charge in [0.15, 0.2) is 0 Å². The van der Waals surface area contributed by atoms with Crippen LogP contribution in [0.2, 0.25) is 0 Å². The van der Waals surface area contributed by atoms with E-state index in [2.05, 4.69) is 0 Å². The Morgan fingerprint density at radius 3 is 2.67 bits per heavy atom. The smallest absolute Gasteiger partial charge is 0.335 e. The van der Waals surface area contributed by atoms with Crippen molar-refractivity contribution >= 4 is 17.0 Å². The Labute approximate surface area is 90.1 Å². The number of fused-ring (bicyclic) bond motifs is 1. The Morgan fingerprint density at radius 1 is 1.40 bits per heavy atom. The molecule has 4 nitrogen and oxygen atoms in total. The summed E-state index contributed by atoms with van der Waals surface area (Å²) < 4.78 is 13.1. The van der Waals surface area contributed by atoms with E-state index in [1.807, 2.05) is 0 Å². The summed E-state index contributed by atoms with van der Waals surface area (Å²) in [6, 6.07) is 5.04. The van der Waals surface area contributed by atoms with Gasteiger partial charge in [-0.05, 0) is 23.3 Å². The summed E-state index contributed by atoms with van der Waals surface area (Å²) in [6.45, 7) is 1.21. The van der Waals surface area contributed by atoms with Crippen molar-refractivity contribution in [2.45, 2.75) is 13.1 Å². The minimum Gasteiger partial charge on any atom is -0.478 e. The van der Waals surface area contributed by atoms with Crippen LogP contribution in [0.15, 0.2) is 18.2 Å². The molecular formula is C10H11NO3S. The fourth-order valence-electron chi connectivity index (χ4n) is 1.68. The molecule has 1 aliphatic heterocycles. The van der Waals surface area contributed by atoms with Gasteiger partial charge in [0.1, 0.15) is 0 Å². The topological polar surface area (TPSA) is 57.6 Å². The molecule has 1 aliphatic rings. The Balaban J connectivity index is 2.31. The summed E-state index contributed by atoms with van der Waals surface area (Å²) in [5, 5.41) is 8.82. The average Bonchev–Trinajstić information content (AvgIpc) is 2.59. The number of carbonyl (C=O) groups is 1. The molecule has 1 N–H and O–H groups in total. The van der Waals surface area contributed by atoms with Gasteiger partial charge in [-0.25, -0.2) is 13.3 Å². The maximum absolute atomic E-state index is 11.3. The van der Waals surface area contributed by atoms with Crippen LogP contribution in [-0.4, -0.2) is 25.8 Å². The van der Waals surface area contributed by atoms with Crippen molar-refractivity contribution in [3.8, 4) is 0 Å². The van der Waals surface area contributed by atoms with Crippen molar-refractivity contribution in [3.05, 3.63) is 34.9 Å². The zero-order valence-electron chi connectivity index (χ0n) is 8.27. The van der Waals surface area contributed by atoms with Crippen molar-refractivity contribution in [1.82, 2.24) is 4.31 Å². The third kappa shape index (κ3) is 1.93. The Hall–Kier alpha value is -1.20. The minimum absolute atomic E-state index is 0.289. The van der Waals surface area contributed by atoms with Crippen LogP contribution in [0.1, 0.15) is 21.5 Å². The van der Waals surface area contributed by atoms with Crippen LogP contribution in [0, 0.1) is 0 Å². The molecule has 1 unspecified atom stereocenters. The lowest BCUT2D eigenvalue weighted by atomic mass is 10.1. The first-order valence-corrected chi connectivity index (χ1v) is 6.03. The Kier molecular flexibility index (Phi) is 2.58. The first-order chi connectivity index (χ1) is 7.08. The molecule has 0 fully saturated rings. The van der Waals surface area contributed by atoms with Crippen LogP contribution in [0.25, 0.3) is 0 Å². The number of hydrogen-bond donors (Lipinski definition) is 1. The lowest BCUT2D eigenvalue weighted by Gasteiger charge is -2.08. The van der Waals surface area contributed by atoms with E-state index in [4.69, 9.17) is 5.11 Å². The quantitative estimate of drug-likeness (QED) is 0.816. The van der Waals surface area contributed by atoms with Gasteiger partial charge >= 0.3 is 5.97 Å². The van der Waals surface area contributed by atoms with E-state index in [0.717, 1.165) is 11.1 Å². The summed E-state index contributed by atoms with van der Waals surface area (Å²) in [4.78, 5) is 10.7. The SMILES string of the molecule is CS(=O)N1Cc2ccc(C(=O)O)cc2C1. The van der Waals surface area contributed by atoms with Gasteiger partial charge in [0.2, 0.25) is 0 Å². The van der Waals surface area contributed by atoms with Gasteiger partial charge in [0, 0.05) is 19.3 Å². The first-order valence-electron chi connectivity index (χ1n) is 4.51. The number of rotatable bonds is 2. The third-order valence-electron chi connectivity index (χ3n) is 2.51. The third-order valence-corrected chi connectivity index (χ3v) is 3.50. The number of carboxylic acids is 1. The second kappa shape index (κ2) is 3.75. The minimum atomic E-state index is -0.999. The molecule has 0 radical (unpaired) electrons. The van der Waals surface area contributed by atoms with Crippen LogP contribution in [0.5, 0.6) is 0 Å². The van der Waals surface area contributed by atoms with Gasteiger partial charge in [-0.2, -0.15) is 0 Å². The first kappa shape index (κ1) is 10.3. The molecule has 80 valence electrons. The van der Waals surface area contributed by atoms with Gasteiger partial charge < -0.3 is 5.11 Å². The largest absolute Gasteiger partial charge is 0.478 e. The zero-order chi connectivity index (χ0) is 11.0. The second-order valence-corrected chi connectivity index (χ2v) is 4.87. The van der Waals surface area contributed by atoms with Crippen LogP contribution in [0.3, 0.4) is 0 Å². The van der Waals surface area contributed by atoms with E-state index >= 15 is 0 Å². The predicted octanol–water partition coefficient (Wildman–Crippen LogP) is 0.994. The van der Waals surface area contributed by atoms with Gasteiger partial charge in [-0.3, -0.25) is 0 Å².